The van der Waals surface area contributed by atoms with Crippen LogP contribution in [0.1, 0.15) is 0 Å². The zero-order valence-corrected chi connectivity index (χ0v) is 11.7. The zero-order chi connectivity index (χ0) is 14.9. The molecule has 0 aliphatic carbocycles. The molecular weight excluding hydrogens is 275 g/mol. The molecule has 0 unspecified atom stereocenters. The van der Waals surface area contributed by atoms with Crippen LogP contribution in [0.5, 0.6) is 5.75 Å². The Kier molecular flexibility index (Phi) is 3.09. The Labute approximate surface area is 128 Å². The maximum Gasteiger partial charge on any atom is 0.569 e. The highest BCUT2D eigenvalue weighted by molar-refractivity contribution is 6.18. The van der Waals surface area contributed by atoms with Gasteiger partial charge in [-0.1, -0.05) is 48.5 Å². The van der Waals surface area contributed by atoms with Gasteiger partial charge in [-0.05, 0) is 23.8 Å². The van der Waals surface area contributed by atoms with Crippen LogP contribution in [-0.4, -0.2) is 12.7 Å². The molecular formula is C18H12BO3. The fourth-order valence-electron chi connectivity index (χ4n) is 2.76. The van der Waals surface area contributed by atoms with Crippen molar-refractivity contribution in [3.05, 3.63) is 66.7 Å². The molecule has 4 heteroatoms. The van der Waals surface area contributed by atoms with Crippen LogP contribution >= 0.6 is 0 Å². The maximum absolute atomic E-state index is 8.95. The van der Waals surface area contributed by atoms with E-state index in [0.717, 1.165) is 33.1 Å². The van der Waals surface area contributed by atoms with Gasteiger partial charge in [0.25, 0.3) is 0 Å². The number of benzene rings is 3. The number of hydrogen-bond donors (Lipinski definition) is 1. The minimum Gasteiger partial charge on any atom is -0.537 e. The summed E-state index contributed by atoms with van der Waals surface area (Å²) in [6, 6.07) is 21.6. The van der Waals surface area contributed by atoms with E-state index in [-0.39, 0.29) is 0 Å². The van der Waals surface area contributed by atoms with E-state index >= 15 is 0 Å². The topological polar surface area (TPSA) is 42.6 Å². The molecule has 1 radical (unpaired) electrons. The Balaban J connectivity index is 2.09. The van der Waals surface area contributed by atoms with E-state index in [1.165, 1.54) is 0 Å². The molecule has 22 heavy (non-hydrogen) atoms. The molecule has 0 atom stereocenters. The lowest BCUT2D eigenvalue weighted by atomic mass is 10.0. The predicted octanol–water partition coefficient (Wildman–Crippen LogP) is 4.16. The molecule has 0 aliphatic heterocycles. The first kappa shape index (κ1) is 13.0. The molecule has 105 valence electrons. The SMILES string of the molecule is O[B]Oc1cc(-c2ccccc2)c2oc3ccccc3c2c1. The van der Waals surface area contributed by atoms with Crippen LogP contribution in [0.15, 0.2) is 71.1 Å². The van der Waals surface area contributed by atoms with Gasteiger partial charge in [-0.25, -0.2) is 0 Å². The minimum atomic E-state index is 0.570. The number of para-hydroxylation sites is 1. The highest BCUT2D eigenvalue weighted by Gasteiger charge is 2.14. The molecule has 1 aromatic heterocycles. The van der Waals surface area contributed by atoms with Crippen molar-refractivity contribution >= 4 is 29.6 Å². The summed E-state index contributed by atoms with van der Waals surface area (Å²) in [6.07, 6.45) is 0. The van der Waals surface area contributed by atoms with Crippen molar-refractivity contribution in [2.45, 2.75) is 0 Å². The molecule has 0 aliphatic rings. The number of furan rings is 1. The van der Waals surface area contributed by atoms with E-state index in [4.69, 9.17) is 14.1 Å². The van der Waals surface area contributed by atoms with Crippen LogP contribution in [0.2, 0.25) is 0 Å². The average Bonchev–Trinajstić information content (AvgIpc) is 2.94. The second kappa shape index (κ2) is 5.24. The van der Waals surface area contributed by atoms with Crippen molar-refractivity contribution in [2.24, 2.45) is 0 Å². The van der Waals surface area contributed by atoms with E-state index in [1.54, 1.807) is 0 Å². The predicted molar refractivity (Wildman–Crippen MR) is 87.8 cm³/mol. The van der Waals surface area contributed by atoms with E-state index < -0.39 is 0 Å². The molecule has 4 aromatic rings. The van der Waals surface area contributed by atoms with Crippen molar-refractivity contribution in [2.75, 3.05) is 0 Å². The summed E-state index contributed by atoms with van der Waals surface area (Å²) in [5, 5.41) is 10.9. The van der Waals surface area contributed by atoms with Crippen LogP contribution in [0.4, 0.5) is 0 Å². The smallest absolute Gasteiger partial charge is 0.537 e. The van der Waals surface area contributed by atoms with Crippen molar-refractivity contribution in [3.63, 3.8) is 0 Å². The first-order chi connectivity index (χ1) is 10.9. The minimum absolute atomic E-state index is 0.570. The third-order valence-electron chi connectivity index (χ3n) is 3.73. The van der Waals surface area contributed by atoms with Gasteiger partial charge < -0.3 is 14.1 Å². The lowest BCUT2D eigenvalue weighted by Gasteiger charge is -2.07. The van der Waals surface area contributed by atoms with Crippen molar-refractivity contribution in [1.29, 1.82) is 0 Å². The fourth-order valence-corrected chi connectivity index (χ4v) is 2.76. The Morgan fingerprint density at radius 2 is 1.64 bits per heavy atom. The summed E-state index contributed by atoms with van der Waals surface area (Å²) in [5.74, 6) is 0.570. The molecule has 3 aromatic carbocycles. The van der Waals surface area contributed by atoms with E-state index in [0.29, 0.717) is 13.4 Å². The highest BCUT2D eigenvalue weighted by atomic mass is 16.5. The lowest BCUT2D eigenvalue weighted by Crippen LogP contribution is -1.99. The second-order valence-corrected chi connectivity index (χ2v) is 5.04. The van der Waals surface area contributed by atoms with Gasteiger partial charge in [0.05, 0.1) is 0 Å². The molecule has 1 N–H and O–H groups in total. The van der Waals surface area contributed by atoms with Crippen LogP contribution in [-0.2, 0) is 0 Å². The average molecular weight is 287 g/mol. The molecule has 0 saturated heterocycles. The third kappa shape index (κ3) is 2.05. The Hall–Kier alpha value is -2.72. The first-order valence-electron chi connectivity index (χ1n) is 7.00. The summed E-state index contributed by atoms with van der Waals surface area (Å²) in [5.41, 5.74) is 3.62. The van der Waals surface area contributed by atoms with Crippen molar-refractivity contribution in [1.82, 2.24) is 0 Å². The standard InChI is InChI=1S/C18H12BO3/c20-19-22-13-10-15(12-6-2-1-3-7-12)18-16(11-13)14-8-4-5-9-17(14)21-18/h1-11,20H. The summed E-state index contributed by atoms with van der Waals surface area (Å²) < 4.78 is 11.2. The van der Waals surface area contributed by atoms with Gasteiger partial charge >= 0.3 is 7.69 Å². The van der Waals surface area contributed by atoms with Crippen LogP contribution in [0, 0.1) is 0 Å². The summed E-state index contributed by atoms with van der Waals surface area (Å²) >= 11 is 0. The van der Waals surface area contributed by atoms with Crippen LogP contribution in [0.3, 0.4) is 0 Å². The van der Waals surface area contributed by atoms with Crippen LogP contribution in [0.25, 0.3) is 33.1 Å². The third-order valence-corrected chi connectivity index (χ3v) is 3.73. The molecule has 4 rings (SSSR count). The molecule has 0 bridgehead atoms. The normalized spacial score (nSPS) is 11.0. The van der Waals surface area contributed by atoms with Gasteiger partial charge in [-0.15, -0.1) is 0 Å². The second-order valence-electron chi connectivity index (χ2n) is 5.04. The molecule has 0 spiro atoms. The van der Waals surface area contributed by atoms with Gasteiger partial charge in [-0.2, -0.15) is 0 Å². The molecule has 3 nitrogen and oxygen atoms in total. The Morgan fingerprint density at radius 1 is 0.864 bits per heavy atom. The van der Waals surface area contributed by atoms with Gasteiger partial charge in [0.2, 0.25) is 0 Å². The van der Waals surface area contributed by atoms with Crippen molar-refractivity contribution < 1.29 is 14.1 Å². The molecule has 0 fully saturated rings. The van der Waals surface area contributed by atoms with E-state index in [1.807, 2.05) is 66.7 Å². The zero-order valence-electron chi connectivity index (χ0n) is 11.7. The van der Waals surface area contributed by atoms with Crippen molar-refractivity contribution in [3.8, 4) is 16.9 Å². The first-order valence-corrected chi connectivity index (χ1v) is 7.00. The number of fused-ring (bicyclic) bond motifs is 3. The fraction of sp³-hybridized carbons (Fsp3) is 0. The maximum atomic E-state index is 8.95. The van der Waals surface area contributed by atoms with Gasteiger partial charge in [0.1, 0.15) is 16.9 Å². The van der Waals surface area contributed by atoms with Gasteiger partial charge in [0, 0.05) is 16.3 Å². The lowest BCUT2D eigenvalue weighted by molar-refractivity contribution is 0.454. The Bertz CT molecular complexity index is 945. The Morgan fingerprint density at radius 3 is 2.45 bits per heavy atom. The molecule has 1 heterocycles. The molecule has 0 saturated carbocycles. The number of rotatable bonds is 3. The molecule has 0 amide bonds. The largest absolute Gasteiger partial charge is 0.569 e. The summed E-state index contributed by atoms with van der Waals surface area (Å²) in [7, 11) is 0.693. The van der Waals surface area contributed by atoms with Crippen LogP contribution < -0.4 is 4.65 Å². The summed E-state index contributed by atoms with van der Waals surface area (Å²) in [4.78, 5) is 0. The number of hydrogen-bond acceptors (Lipinski definition) is 3. The highest BCUT2D eigenvalue weighted by Crippen LogP contribution is 2.38. The quantitative estimate of drug-likeness (QED) is 0.575. The van der Waals surface area contributed by atoms with Gasteiger partial charge in [0.15, 0.2) is 0 Å². The monoisotopic (exact) mass is 287 g/mol. The van der Waals surface area contributed by atoms with E-state index in [2.05, 4.69) is 0 Å². The van der Waals surface area contributed by atoms with Gasteiger partial charge in [-0.3, -0.25) is 0 Å². The van der Waals surface area contributed by atoms with E-state index in [9.17, 15) is 0 Å². The summed E-state index contributed by atoms with van der Waals surface area (Å²) in [6.45, 7) is 0.